The van der Waals surface area contributed by atoms with E-state index in [1.807, 2.05) is 24.3 Å². The van der Waals surface area contributed by atoms with Gasteiger partial charge in [0.25, 0.3) is 0 Å². The van der Waals surface area contributed by atoms with Crippen LogP contribution in [0.4, 0.5) is 0 Å². The van der Waals surface area contributed by atoms with E-state index < -0.39 is 0 Å². The molecule has 1 aliphatic rings. The maximum Gasteiger partial charge on any atom is 0.119 e. The van der Waals surface area contributed by atoms with Gasteiger partial charge in [-0.1, -0.05) is 24.3 Å². The summed E-state index contributed by atoms with van der Waals surface area (Å²) in [5, 5.41) is 0. The highest BCUT2D eigenvalue weighted by atomic mass is 16.5. The summed E-state index contributed by atoms with van der Waals surface area (Å²) in [5.41, 5.74) is 7.76. The first-order valence-corrected chi connectivity index (χ1v) is 7.05. The topological polar surface area (TPSA) is 44.5 Å². The summed E-state index contributed by atoms with van der Waals surface area (Å²) in [6.45, 7) is 1.08. The molecule has 2 N–H and O–H groups in total. The predicted molar refractivity (Wildman–Crippen MR) is 80.1 cm³/mol. The SMILES string of the molecule is NCCOc1ccc(-c2ccc(OC3CC3)cc2)cc1. The number of rotatable bonds is 6. The van der Waals surface area contributed by atoms with E-state index >= 15 is 0 Å². The summed E-state index contributed by atoms with van der Waals surface area (Å²) < 4.78 is 11.2. The average molecular weight is 269 g/mol. The van der Waals surface area contributed by atoms with Crippen LogP contribution in [0.25, 0.3) is 11.1 Å². The minimum atomic E-state index is 0.444. The molecular weight excluding hydrogens is 250 g/mol. The van der Waals surface area contributed by atoms with Crippen LogP contribution in [-0.4, -0.2) is 19.3 Å². The van der Waals surface area contributed by atoms with E-state index in [2.05, 4.69) is 24.3 Å². The molecule has 20 heavy (non-hydrogen) atoms. The molecule has 0 radical (unpaired) electrons. The molecule has 2 aromatic rings. The molecular formula is C17H19NO2. The zero-order valence-electron chi connectivity index (χ0n) is 11.4. The van der Waals surface area contributed by atoms with Gasteiger partial charge in [-0.05, 0) is 48.2 Å². The molecule has 0 unspecified atom stereocenters. The predicted octanol–water partition coefficient (Wildman–Crippen LogP) is 3.23. The number of benzene rings is 2. The first-order valence-electron chi connectivity index (χ1n) is 7.05. The van der Waals surface area contributed by atoms with Crippen molar-refractivity contribution in [1.82, 2.24) is 0 Å². The molecule has 0 aliphatic heterocycles. The van der Waals surface area contributed by atoms with Gasteiger partial charge < -0.3 is 15.2 Å². The highest BCUT2D eigenvalue weighted by Gasteiger charge is 2.23. The van der Waals surface area contributed by atoms with Gasteiger partial charge in [-0.3, -0.25) is 0 Å². The third kappa shape index (κ3) is 3.31. The van der Waals surface area contributed by atoms with Crippen molar-refractivity contribution < 1.29 is 9.47 Å². The van der Waals surface area contributed by atoms with Gasteiger partial charge in [0.05, 0.1) is 6.10 Å². The van der Waals surface area contributed by atoms with Crippen molar-refractivity contribution in [1.29, 1.82) is 0 Å². The Bertz CT molecular complexity index is 544. The summed E-state index contributed by atoms with van der Waals surface area (Å²) >= 11 is 0. The maximum atomic E-state index is 5.75. The van der Waals surface area contributed by atoms with Gasteiger partial charge in [-0.15, -0.1) is 0 Å². The van der Waals surface area contributed by atoms with E-state index in [0.29, 0.717) is 19.3 Å². The maximum absolute atomic E-state index is 5.75. The first kappa shape index (κ1) is 13.0. The lowest BCUT2D eigenvalue weighted by Crippen LogP contribution is -2.10. The zero-order valence-corrected chi connectivity index (χ0v) is 11.4. The van der Waals surface area contributed by atoms with Crippen molar-refractivity contribution in [3.63, 3.8) is 0 Å². The van der Waals surface area contributed by atoms with Gasteiger partial charge in [0.15, 0.2) is 0 Å². The quantitative estimate of drug-likeness (QED) is 0.875. The van der Waals surface area contributed by atoms with Gasteiger partial charge in [-0.25, -0.2) is 0 Å². The Balaban J connectivity index is 1.68. The molecule has 1 aliphatic carbocycles. The van der Waals surface area contributed by atoms with E-state index in [1.165, 1.54) is 24.0 Å². The molecule has 3 nitrogen and oxygen atoms in total. The molecule has 0 aromatic heterocycles. The van der Waals surface area contributed by atoms with Gasteiger partial charge in [0.1, 0.15) is 18.1 Å². The second-order valence-electron chi connectivity index (χ2n) is 5.00. The summed E-state index contributed by atoms with van der Waals surface area (Å²) in [4.78, 5) is 0. The Morgan fingerprint density at radius 2 is 1.40 bits per heavy atom. The average Bonchev–Trinajstić information content (AvgIpc) is 3.31. The lowest BCUT2D eigenvalue weighted by atomic mass is 10.1. The molecule has 0 amide bonds. The molecule has 3 heteroatoms. The van der Waals surface area contributed by atoms with Gasteiger partial charge in [-0.2, -0.15) is 0 Å². The van der Waals surface area contributed by atoms with Crippen molar-refractivity contribution in [2.75, 3.05) is 13.2 Å². The fraction of sp³-hybridized carbons (Fsp3) is 0.294. The normalized spacial score (nSPS) is 14.1. The minimum absolute atomic E-state index is 0.444. The highest BCUT2D eigenvalue weighted by Crippen LogP contribution is 2.29. The van der Waals surface area contributed by atoms with Crippen molar-refractivity contribution >= 4 is 0 Å². The summed E-state index contributed by atoms with van der Waals surface area (Å²) in [6, 6.07) is 16.3. The van der Waals surface area contributed by atoms with Crippen LogP contribution in [0.5, 0.6) is 11.5 Å². The van der Waals surface area contributed by atoms with E-state index in [0.717, 1.165) is 11.5 Å². The van der Waals surface area contributed by atoms with Crippen LogP contribution in [0, 0.1) is 0 Å². The van der Waals surface area contributed by atoms with Crippen molar-refractivity contribution in [3.05, 3.63) is 48.5 Å². The molecule has 0 atom stereocenters. The summed E-state index contributed by atoms with van der Waals surface area (Å²) in [6.07, 6.45) is 2.82. The fourth-order valence-corrected chi connectivity index (χ4v) is 2.02. The zero-order chi connectivity index (χ0) is 13.8. The number of ether oxygens (including phenoxy) is 2. The molecule has 104 valence electrons. The standard InChI is InChI=1S/C17H19NO2/c18-11-12-19-15-5-1-13(2-6-15)14-3-7-16(8-4-14)20-17-9-10-17/h1-8,17H,9-12,18H2. The summed E-state index contributed by atoms with van der Waals surface area (Å²) in [7, 11) is 0. The molecule has 0 bridgehead atoms. The molecule has 0 heterocycles. The van der Waals surface area contributed by atoms with E-state index in [4.69, 9.17) is 15.2 Å². The van der Waals surface area contributed by atoms with Crippen LogP contribution < -0.4 is 15.2 Å². The third-order valence-corrected chi connectivity index (χ3v) is 3.26. The van der Waals surface area contributed by atoms with E-state index in [-0.39, 0.29) is 0 Å². The van der Waals surface area contributed by atoms with Crippen LogP contribution in [0.3, 0.4) is 0 Å². The number of hydrogen-bond acceptors (Lipinski definition) is 3. The molecule has 2 aromatic carbocycles. The highest BCUT2D eigenvalue weighted by molar-refractivity contribution is 5.64. The second-order valence-corrected chi connectivity index (χ2v) is 5.00. The lowest BCUT2D eigenvalue weighted by Gasteiger charge is -2.08. The van der Waals surface area contributed by atoms with Crippen LogP contribution in [0.1, 0.15) is 12.8 Å². The van der Waals surface area contributed by atoms with Gasteiger partial charge in [0, 0.05) is 6.54 Å². The molecule has 3 rings (SSSR count). The molecule has 1 saturated carbocycles. The van der Waals surface area contributed by atoms with Crippen molar-refractivity contribution in [2.45, 2.75) is 18.9 Å². The van der Waals surface area contributed by atoms with Crippen LogP contribution in [0.15, 0.2) is 48.5 Å². The fourth-order valence-electron chi connectivity index (χ4n) is 2.02. The number of hydrogen-bond donors (Lipinski definition) is 1. The van der Waals surface area contributed by atoms with Gasteiger partial charge >= 0.3 is 0 Å². The second kappa shape index (κ2) is 5.97. The minimum Gasteiger partial charge on any atom is -0.492 e. The Labute approximate surface area is 119 Å². The molecule has 1 fully saturated rings. The largest absolute Gasteiger partial charge is 0.492 e. The van der Waals surface area contributed by atoms with Crippen molar-refractivity contribution in [2.24, 2.45) is 5.73 Å². The Morgan fingerprint density at radius 1 is 0.850 bits per heavy atom. The van der Waals surface area contributed by atoms with E-state index in [1.54, 1.807) is 0 Å². The van der Waals surface area contributed by atoms with Crippen LogP contribution >= 0.6 is 0 Å². The van der Waals surface area contributed by atoms with Crippen LogP contribution in [0.2, 0.25) is 0 Å². The molecule has 0 spiro atoms. The third-order valence-electron chi connectivity index (χ3n) is 3.26. The lowest BCUT2D eigenvalue weighted by molar-refractivity contribution is 0.303. The van der Waals surface area contributed by atoms with E-state index in [9.17, 15) is 0 Å². The van der Waals surface area contributed by atoms with Gasteiger partial charge in [0.2, 0.25) is 0 Å². The Kier molecular flexibility index (Phi) is 3.88. The number of nitrogens with two attached hydrogens (primary N) is 1. The van der Waals surface area contributed by atoms with Crippen molar-refractivity contribution in [3.8, 4) is 22.6 Å². The van der Waals surface area contributed by atoms with Crippen LogP contribution in [-0.2, 0) is 0 Å². The Hall–Kier alpha value is -2.00. The first-order chi connectivity index (χ1) is 9.85. The summed E-state index contributed by atoms with van der Waals surface area (Å²) in [5.74, 6) is 1.81. The Morgan fingerprint density at radius 3 is 1.90 bits per heavy atom. The molecule has 0 saturated heterocycles. The monoisotopic (exact) mass is 269 g/mol. The smallest absolute Gasteiger partial charge is 0.119 e.